The van der Waals surface area contributed by atoms with Crippen LogP contribution in [0, 0.1) is 0 Å². The Labute approximate surface area is 96.0 Å². The van der Waals surface area contributed by atoms with E-state index in [1.165, 1.54) is 12.8 Å². The second-order valence-corrected chi connectivity index (χ2v) is 4.42. The van der Waals surface area contributed by atoms with E-state index in [-0.39, 0.29) is 5.78 Å². The molecule has 1 saturated heterocycles. The minimum atomic E-state index is 0.165. The van der Waals surface area contributed by atoms with Gasteiger partial charge in [0, 0.05) is 18.8 Å². The average molecular weight is 221 g/mol. The Bertz CT molecular complexity index is 328. The van der Waals surface area contributed by atoms with E-state index in [0.717, 1.165) is 13.1 Å². The molecule has 88 valence electrons. The predicted octanol–water partition coefficient (Wildman–Crippen LogP) is 0.881. The van der Waals surface area contributed by atoms with E-state index in [1.807, 2.05) is 19.2 Å². The van der Waals surface area contributed by atoms with Crippen molar-refractivity contribution in [3.8, 4) is 0 Å². The lowest BCUT2D eigenvalue weighted by Gasteiger charge is -2.31. The molecule has 4 nitrogen and oxygen atoms in total. The lowest BCUT2D eigenvalue weighted by Crippen LogP contribution is -2.45. The van der Waals surface area contributed by atoms with Crippen LogP contribution in [0.2, 0.25) is 0 Å². The Morgan fingerprint density at radius 2 is 2.50 bits per heavy atom. The summed E-state index contributed by atoms with van der Waals surface area (Å²) < 4.78 is 0. The van der Waals surface area contributed by atoms with Crippen LogP contribution in [0.15, 0.2) is 18.3 Å². The number of carbonyl (C=O) groups is 1. The summed E-state index contributed by atoms with van der Waals surface area (Å²) in [5.41, 5.74) is 0.704. The maximum Gasteiger partial charge on any atom is 0.192 e. The highest BCUT2D eigenvalue weighted by molar-refractivity contribution is 5.95. The number of nitrogens with zero attached hydrogens (tertiary/aromatic N) is 1. The Kier molecular flexibility index (Phi) is 3.74. The zero-order chi connectivity index (χ0) is 11.4. The van der Waals surface area contributed by atoms with Crippen molar-refractivity contribution in [2.45, 2.75) is 18.9 Å². The maximum absolute atomic E-state index is 11.9. The van der Waals surface area contributed by atoms with Gasteiger partial charge >= 0.3 is 0 Å². The van der Waals surface area contributed by atoms with Crippen molar-refractivity contribution in [2.75, 3.05) is 26.7 Å². The van der Waals surface area contributed by atoms with Gasteiger partial charge in [-0.15, -0.1) is 0 Å². The van der Waals surface area contributed by atoms with Crippen LogP contribution in [-0.2, 0) is 0 Å². The van der Waals surface area contributed by atoms with E-state index in [9.17, 15) is 4.79 Å². The molecule has 0 unspecified atom stereocenters. The molecular formula is C12H19N3O. The molecule has 0 amide bonds. The molecule has 0 saturated carbocycles. The first-order chi connectivity index (χ1) is 7.77. The van der Waals surface area contributed by atoms with Crippen LogP contribution in [0.1, 0.15) is 23.3 Å². The first-order valence-corrected chi connectivity index (χ1v) is 5.85. The fraction of sp³-hybridized carbons (Fsp3) is 0.583. The average Bonchev–Trinajstić information content (AvgIpc) is 2.83. The van der Waals surface area contributed by atoms with Gasteiger partial charge in [0.15, 0.2) is 5.78 Å². The Hall–Kier alpha value is -1.13. The quantitative estimate of drug-likeness (QED) is 0.742. The van der Waals surface area contributed by atoms with Crippen LogP contribution in [0.4, 0.5) is 0 Å². The van der Waals surface area contributed by atoms with Gasteiger partial charge in [-0.2, -0.15) is 0 Å². The standard InChI is InChI=1S/C12H19N3O/c1-15(10-4-2-6-13-8-10)9-12(16)11-5-3-7-14-11/h3,5,7,10,13-14H,2,4,6,8-9H2,1H3/t10-/m1/s1. The zero-order valence-electron chi connectivity index (χ0n) is 9.70. The van der Waals surface area contributed by atoms with Gasteiger partial charge in [0.1, 0.15) is 0 Å². The number of Topliss-reactive ketones (excluding diaryl/α,β-unsaturated/α-hetero) is 1. The predicted molar refractivity (Wildman–Crippen MR) is 63.6 cm³/mol. The Balaban J connectivity index is 1.86. The third-order valence-corrected chi connectivity index (χ3v) is 3.19. The summed E-state index contributed by atoms with van der Waals surface area (Å²) >= 11 is 0. The smallest absolute Gasteiger partial charge is 0.192 e. The van der Waals surface area contributed by atoms with Crippen LogP contribution in [0.5, 0.6) is 0 Å². The molecule has 0 bridgehead atoms. The summed E-state index contributed by atoms with van der Waals surface area (Å²) in [7, 11) is 2.03. The lowest BCUT2D eigenvalue weighted by atomic mass is 10.1. The molecule has 0 aliphatic carbocycles. The van der Waals surface area contributed by atoms with E-state index in [0.29, 0.717) is 18.3 Å². The topological polar surface area (TPSA) is 48.1 Å². The number of likely N-dealkylation sites (N-methyl/N-ethyl adjacent to an activating group) is 1. The van der Waals surface area contributed by atoms with E-state index in [4.69, 9.17) is 0 Å². The monoisotopic (exact) mass is 221 g/mol. The molecule has 1 aliphatic heterocycles. The van der Waals surface area contributed by atoms with Crippen LogP contribution >= 0.6 is 0 Å². The number of ketones is 1. The molecule has 1 aromatic rings. The van der Waals surface area contributed by atoms with Crippen LogP contribution in [0.3, 0.4) is 0 Å². The van der Waals surface area contributed by atoms with Gasteiger partial charge in [0.05, 0.1) is 12.2 Å². The number of piperidine rings is 1. The number of carbonyl (C=O) groups excluding carboxylic acids is 1. The van der Waals surface area contributed by atoms with Crippen molar-refractivity contribution in [1.82, 2.24) is 15.2 Å². The van der Waals surface area contributed by atoms with Gasteiger partial charge in [-0.25, -0.2) is 0 Å². The van der Waals surface area contributed by atoms with Crippen molar-refractivity contribution in [1.29, 1.82) is 0 Å². The van der Waals surface area contributed by atoms with E-state index in [2.05, 4.69) is 15.2 Å². The molecule has 0 aromatic carbocycles. The SMILES string of the molecule is CN(CC(=O)c1ccc[nH]1)[C@@H]1CCCNC1. The number of rotatable bonds is 4. The number of H-pyrrole nitrogens is 1. The Morgan fingerprint density at radius 3 is 3.12 bits per heavy atom. The molecule has 0 spiro atoms. The molecule has 2 N–H and O–H groups in total. The number of aromatic amines is 1. The number of hydrogen-bond donors (Lipinski definition) is 2. The summed E-state index contributed by atoms with van der Waals surface area (Å²) in [4.78, 5) is 17.0. The molecule has 4 heteroatoms. The summed E-state index contributed by atoms with van der Waals surface area (Å²) in [6, 6.07) is 4.18. The fourth-order valence-electron chi connectivity index (χ4n) is 2.15. The lowest BCUT2D eigenvalue weighted by molar-refractivity contribution is 0.0902. The fourth-order valence-corrected chi connectivity index (χ4v) is 2.15. The summed E-state index contributed by atoms with van der Waals surface area (Å²) in [6.45, 7) is 2.59. The molecule has 1 fully saturated rings. The number of nitrogens with one attached hydrogen (secondary N) is 2. The second-order valence-electron chi connectivity index (χ2n) is 4.42. The van der Waals surface area contributed by atoms with Gasteiger partial charge < -0.3 is 10.3 Å². The summed E-state index contributed by atoms with van der Waals surface area (Å²) in [5.74, 6) is 0.165. The van der Waals surface area contributed by atoms with Crippen molar-refractivity contribution in [3.63, 3.8) is 0 Å². The second kappa shape index (κ2) is 5.27. The van der Waals surface area contributed by atoms with Crippen LogP contribution < -0.4 is 5.32 Å². The third kappa shape index (κ3) is 2.71. The Morgan fingerprint density at radius 1 is 1.62 bits per heavy atom. The molecule has 0 radical (unpaired) electrons. The highest BCUT2D eigenvalue weighted by Gasteiger charge is 2.20. The van der Waals surface area contributed by atoms with E-state index in [1.54, 1.807) is 6.20 Å². The molecule has 2 rings (SSSR count). The van der Waals surface area contributed by atoms with Crippen molar-refractivity contribution in [3.05, 3.63) is 24.0 Å². The number of hydrogen-bond acceptors (Lipinski definition) is 3. The first-order valence-electron chi connectivity index (χ1n) is 5.85. The number of aromatic nitrogens is 1. The molecular weight excluding hydrogens is 202 g/mol. The molecule has 1 atom stereocenters. The zero-order valence-corrected chi connectivity index (χ0v) is 9.70. The van der Waals surface area contributed by atoms with E-state index >= 15 is 0 Å². The largest absolute Gasteiger partial charge is 0.359 e. The van der Waals surface area contributed by atoms with Gasteiger partial charge in [0.25, 0.3) is 0 Å². The minimum absolute atomic E-state index is 0.165. The van der Waals surface area contributed by atoms with Crippen molar-refractivity contribution in [2.24, 2.45) is 0 Å². The molecule has 1 aromatic heterocycles. The highest BCUT2D eigenvalue weighted by Crippen LogP contribution is 2.09. The van der Waals surface area contributed by atoms with Crippen molar-refractivity contribution >= 4 is 5.78 Å². The highest BCUT2D eigenvalue weighted by atomic mass is 16.1. The van der Waals surface area contributed by atoms with Crippen LogP contribution in [0.25, 0.3) is 0 Å². The maximum atomic E-state index is 11.9. The molecule has 2 heterocycles. The van der Waals surface area contributed by atoms with E-state index < -0.39 is 0 Å². The first kappa shape index (κ1) is 11.4. The van der Waals surface area contributed by atoms with Gasteiger partial charge in [-0.3, -0.25) is 9.69 Å². The van der Waals surface area contributed by atoms with Crippen molar-refractivity contribution < 1.29 is 4.79 Å². The molecule has 1 aliphatic rings. The normalized spacial score (nSPS) is 21.2. The third-order valence-electron chi connectivity index (χ3n) is 3.19. The molecule has 16 heavy (non-hydrogen) atoms. The minimum Gasteiger partial charge on any atom is -0.359 e. The summed E-state index contributed by atoms with van der Waals surface area (Å²) in [6.07, 6.45) is 4.17. The summed E-state index contributed by atoms with van der Waals surface area (Å²) in [5, 5.41) is 3.36. The van der Waals surface area contributed by atoms with Crippen LogP contribution in [-0.4, -0.2) is 48.4 Å². The van der Waals surface area contributed by atoms with Gasteiger partial charge in [-0.05, 0) is 38.6 Å². The van der Waals surface area contributed by atoms with Gasteiger partial charge in [0.2, 0.25) is 0 Å². The van der Waals surface area contributed by atoms with Gasteiger partial charge in [-0.1, -0.05) is 0 Å².